The molecular weight excluding hydrogens is 134 g/mol. The summed E-state index contributed by atoms with van der Waals surface area (Å²) in [5, 5.41) is 0.708. The van der Waals surface area contributed by atoms with Gasteiger partial charge >= 0.3 is 0 Å². The Balaban J connectivity index is 2.94. The Kier molecular flexibility index (Phi) is 2.09. The van der Waals surface area contributed by atoms with Crippen LogP contribution in [0.4, 0.5) is 0 Å². The van der Waals surface area contributed by atoms with E-state index in [1.807, 2.05) is 12.1 Å². The molecule has 0 fully saturated rings. The number of nitrogens with one attached hydrogen (secondary N) is 1. The van der Waals surface area contributed by atoms with Gasteiger partial charge < -0.3 is 0 Å². The average molecular weight is 141 g/mol. The third-order valence-electron chi connectivity index (χ3n) is 1.09. The van der Waals surface area contributed by atoms with Gasteiger partial charge in [0.1, 0.15) is 0 Å². The van der Waals surface area contributed by atoms with Crippen molar-refractivity contribution in [3.63, 3.8) is 0 Å². The summed E-state index contributed by atoms with van der Waals surface area (Å²) in [7, 11) is 0. The predicted octanol–water partition coefficient (Wildman–Crippen LogP) is 2.12. The van der Waals surface area contributed by atoms with Crippen LogP contribution in [0.1, 0.15) is 5.56 Å². The molecule has 0 spiro atoms. The van der Waals surface area contributed by atoms with Gasteiger partial charge in [-0.15, -0.1) is 0 Å². The van der Waals surface area contributed by atoms with Crippen LogP contribution in [-0.4, -0.2) is 0 Å². The maximum absolute atomic E-state index is 6.98. The van der Waals surface area contributed by atoms with Gasteiger partial charge in [0.15, 0.2) is 0 Å². The van der Waals surface area contributed by atoms with Crippen molar-refractivity contribution < 1.29 is 0 Å². The topological polar surface area (TPSA) is 23.8 Å². The summed E-state index contributed by atoms with van der Waals surface area (Å²) in [5.41, 5.74) is 7.94. The van der Waals surface area contributed by atoms with Crippen LogP contribution < -0.4 is 5.73 Å². The molecule has 0 aliphatic rings. The first-order chi connectivity index (χ1) is 4.33. The normalized spacial score (nSPS) is 9.56. The van der Waals surface area contributed by atoms with Crippen molar-refractivity contribution in [2.75, 3.05) is 0 Å². The highest BCUT2D eigenvalue weighted by molar-refractivity contribution is 6.30. The molecule has 0 bridgehead atoms. The van der Waals surface area contributed by atoms with Gasteiger partial charge in [-0.25, -0.2) is 0 Å². The molecule has 0 saturated heterocycles. The second-order valence-electron chi connectivity index (χ2n) is 1.81. The molecule has 9 heavy (non-hydrogen) atoms. The maximum Gasteiger partial charge on any atom is 0.0409 e. The van der Waals surface area contributed by atoms with E-state index >= 15 is 0 Å². The van der Waals surface area contributed by atoms with E-state index in [1.165, 1.54) is 0 Å². The van der Waals surface area contributed by atoms with Crippen molar-refractivity contribution in [1.29, 1.82) is 0 Å². The molecule has 0 atom stereocenters. The van der Waals surface area contributed by atoms with Gasteiger partial charge in [0, 0.05) is 11.6 Å². The molecule has 1 aromatic rings. The Morgan fingerprint density at radius 1 is 1.44 bits per heavy atom. The van der Waals surface area contributed by atoms with Crippen molar-refractivity contribution in [2.24, 2.45) is 0 Å². The monoisotopic (exact) mass is 140 g/mol. The fraction of sp³-hybridized carbons (Fsp3) is 0.143. The van der Waals surface area contributed by atoms with Gasteiger partial charge in [0.05, 0.1) is 0 Å². The third-order valence-corrected chi connectivity index (χ3v) is 1.33. The van der Waals surface area contributed by atoms with E-state index in [1.54, 1.807) is 12.1 Å². The van der Waals surface area contributed by atoms with Crippen LogP contribution in [0.15, 0.2) is 24.3 Å². The lowest BCUT2D eigenvalue weighted by atomic mass is 10.2. The first kappa shape index (κ1) is 6.59. The lowest BCUT2D eigenvalue weighted by Gasteiger charge is -1.93. The zero-order valence-electron chi connectivity index (χ0n) is 4.89. The molecule has 0 heterocycles. The van der Waals surface area contributed by atoms with Crippen LogP contribution in [0.3, 0.4) is 0 Å². The van der Waals surface area contributed by atoms with E-state index in [9.17, 15) is 0 Å². The summed E-state index contributed by atoms with van der Waals surface area (Å²) in [6.45, 7) is 0.306. The fourth-order valence-corrected chi connectivity index (χ4v) is 0.860. The number of benzene rings is 1. The van der Waals surface area contributed by atoms with Gasteiger partial charge in [0.25, 0.3) is 0 Å². The Hall–Kier alpha value is -0.530. The minimum absolute atomic E-state index is 0.306. The van der Waals surface area contributed by atoms with Crippen molar-refractivity contribution in [3.05, 3.63) is 34.9 Å². The quantitative estimate of drug-likeness (QED) is 0.571. The Bertz CT molecular complexity index is 198. The molecule has 0 aliphatic heterocycles. The summed E-state index contributed by atoms with van der Waals surface area (Å²) < 4.78 is 0. The van der Waals surface area contributed by atoms with Crippen molar-refractivity contribution >= 4 is 11.6 Å². The second kappa shape index (κ2) is 2.85. The molecule has 0 unspecified atom stereocenters. The van der Waals surface area contributed by atoms with Crippen LogP contribution >= 0.6 is 11.6 Å². The van der Waals surface area contributed by atoms with Gasteiger partial charge in [-0.3, -0.25) is 5.73 Å². The molecule has 1 nitrogen and oxygen atoms in total. The van der Waals surface area contributed by atoms with Gasteiger partial charge in [-0.1, -0.05) is 23.7 Å². The molecule has 0 saturated carbocycles. The van der Waals surface area contributed by atoms with E-state index in [0.717, 1.165) is 5.56 Å². The summed E-state index contributed by atoms with van der Waals surface area (Å²) in [4.78, 5) is 0. The van der Waals surface area contributed by atoms with Crippen molar-refractivity contribution in [3.8, 4) is 0 Å². The highest BCUT2D eigenvalue weighted by Gasteiger charge is 1.88. The standard InChI is InChI=1S/C7H7ClN/c8-7-3-1-2-6(4-7)5-9/h1-4,9H,5H2. The van der Waals surface area contributed by atoms with Crippen LogP contribution in [0.2, 0.25) is 5.02 Å². The molecule has 47 valence electrons. The summed E-state index contributed by atoms with van der Waals surface area (Å²) in [5.74, 6) is 0. The van der Waals surface area contributed by atoms with Crippen LogP contribution in [0.5, 0.6) is 0 Å². The Labute approximate surface area is 59.4 Å². The molecule has 1 rings (SSSR count). The van der Waals surface area contributed by atoms with E-state index in [2.05, 4.69) is 0 Å². The van der Waals surface area contributed by atoms with E-state index < -0.39 is 0 Å². The lowest BCUT2D eigenvalue weighted by Crippen LogP contribution is -1.81. The summed E-state index contributed by atoms with van der Waals surface area (Å²) in [6.07, 6.45) is 0. The number of hydrogen-bond acceptors (Lipinski definition) is 0. The van der Waals surface area contributed by atoms with Crippen molar-refractivity contribution in [1.82, 2.24) is 5.73 Å². The van der Waals surface area contributed by atoms with Gasteiger partial charge in [0.2, 0.25) is 0 Å². The molecule has 1 aromatic carbocycles. The molecule has 0 aliphatic carbocycles. The first-order valence-corrected chi connectivity index (χ1v) is 3.10. The molecule has 0 aromatic heterocycles. The van der Waals surface area contributed by atoms with Gasteiger partial charge in [-0.2, -0.15) is 0 Å². The molecule has 1 radical (unpaired) electrons. The number of halogens is 1. The fourth-order valence-electron chi connectivity index (χ4n) is 0.647. The SMILES string of the molecule is [NH]Cc1cccc(Cl)c1. The number of hydrogen-bond donors (Lipinski definition) is 0. The highest BCUT2D eigenvalue weighted by Crippen LogP contribution is 2.09. The van der Waals surface area contributed by atoms with Crippen LogP contribution in [-0.2, 0) is 6.54 Å². The average Bonchev–Trinajstić information content (AvgIpc) is 1.88. The third kappa shape index (κ3) is 1.70. The minimum atomic E-state index is 0.306. The van der Waals surface area contributed by atoms with E-state index in [4.69, 9.17) is 17.3 Å². The molecule has 0 amide bonds. The zero-order valence-corrected chi connectivity index (χ0v) is 5.65. The Morgan fingerprint density at radius 2 is 2.22 bits per heavy atom. The smallest absolute Gasteiger partial charge is 0.0409 e. The lowest BCUT2D eigenvalue weighted by molar-refractivity contribution is 1.03. The van der Waals surface area contributed by atoms with Gasteiger partial charge in [-0.05, 0) is 17.7 Å². The van der Waals surface area contributed by atoms with Crippen LogP contribution in [0.25, 0.3) is 0 Å². The minimum Gasteiger partial charge on any atom is -0.253 e. The molecular formula is C7H7ClN. The highest BCUT2D eigenvalue weighted by atomic mass is 35.5. The summed E-state index contributed by atoms with van der Waals surface area (Å²) >= 11 is 5.64. The zero-order chi connectivity index (χ0) is 6.69. The maximum atomic E-state index is 6.98. The molecule has 2 heteroatoms. The van der Waals surface area contributed by atoms with E-state index in [0.29, 0.717) is 11.6 Å². The second-order valence-corrected chi connectivity index (χ2v) is 2.24. The largest absolute Gasteiger partial charge is 0.253 e. The number of rotatable bonds is 1. The predicted molar refractivity (Wildman–Crippen MR) is 38.3 cm³/mol. The summed E-state index contributed by atoms with van der Waals surface area (Å²) in [6, 6.07) is 7.35. The first-order valence-electron chi connectivity index (χ1n) is 2.72. The Morgan fingerprint density at radius 3 is 2.67 bits per heavy atom. The van der Waals surface area contributed by atoms with Crippen LogP contribution in [0, 0.1) is 0 Å². The molecule has 1 N–H and O–H groups in total. The van der Waals surface area contributed by atoms with E-state index in [-0.39, 0.29) is 0 Å². The van der Waals surface area contributed by atoms with Crippen molar-refractivity contribution in [2.45, 2.75) is 6.54 Å².